The van der Waals surface area contributed by atoms with Crippen LogP contribution in [0.1, 0.15) is 43.6 Å². The van der Waals surface area contributed by atoms with Crippen molar-refractivity contribution in [1.29, 1.82) is 0 Å². The summed E-state index contributed by atoms with van der Waals surface area (Å²) in [4.78, 5) is 39.8. The maximum atomic E-state index is 12.4. The normalized spacial score (nSPS) is 20.7. The minimum absolute atomic E-state index is 0.0359. The van der Waals surface area contributed by atoms with Crippen LogP contribution in [0.15, 0.2) is 16.5 Å². The second-order valence-corrected chi connectivity index (χ2v) is 7.14. The maximum absolute atomic E-state index is 12.4. The molecule has 142 valence electrons. The van der Waals surface area contributed by atoms with Gasteiger partial charge in [0, 0.05) is 39.0 Å². The molecule has 2 aliphatic rings. The third-order valence-corrected chi connectivity index (χ3v) is 5.13. The summed E-state index contributed by atoms with van der Waals surface area (Å²) in [6.07, 6.45) is 3.32. The van der Waals surface area contributed by atoms with E-state index in [0.717, 1.165) is 30.9 Å². The third kappa shape index (κ3) is 4.65. The summed E-state index contributed by atoms with van der Waals surface area (Å²) in [5.41, 5.74) is 0. The average Bonchev–Trinajstić information content (AvgIpc) is 3.22. The van der Waals surface area contributed by atoms with Crippen LogP contribution in [-0.4, -0.2) is 53.7 Å². The topological polar surface area (TPSA) is 82.9 Å². The number of furan rings is 1. The number of aryl methyl sites for hydroxylation is 1. The molecule has 0 aromatic carbocycles. The van der Waals surface area contributed by atoms with Crippen molar-refractivity contribution in [2.45, 2.75) is 45.6 Å². The van der Waals surface area contributed by atoms with Gasteiger partial charge in [0.1, 0.15) is 11.5 Å². The summed E-state index contributed by atoms with van der Waals surface area (Å²) in [5.74, 6) is 1.64. The number of nitrogens with one attached hydrogen (secondary N) is 1. The highest BCUT2D eigenvalue weighted by atomic mass is 16.3. The molecule has 1 unspecified atom stereocenters. The second kappa shape index (κ2) is 8.38. The maximum Gasteiger partial charge on any atom is 0.225 e. The van der Waals surface area contributed by atoms with Crippen LogP contribution in [0.4, 0.5) is 0 Å². The lowest BCUT2D eigenvalue weighted by atomic mass is 9.96. The van der Waals surface area contributed by atoms with E-state index in [9.17, 15) is 14.4 Å². The van der Waals surface area contributed by atoms with Crippen LogP contribution in [0.3, 0.4) is 0 Å². The first-order valence-corrected chi connectivity index (χ1v) is 9.41. The molecule has 3 amide bonds. The molecule has 1 aromatic rings. The van der Waals surface area contributed by atoms with Gasteiger partial charge in [0.2, 0.25) is 17.7 Å². The van der Waals surface area contributed by atoms with E-state index in [2.05, 4.69) is 5.32 Å². The van der Waals surface area contributed by atoms with Crippen molar-refractivity contribution in [3.63, 3.8) is 0 Å². The molecule has 3 heterocycles. The lowest BCUT2D eigenvalue weighted by molar-refractivity contribution is -0.138. The fourth-order valence-electron chi connectivity index (χ4n) is 3.64. The molecular weight excluding hydrogens is 334 g/mol. The first kappa shape index (κ1) is 18.5. The van der Waals surface area contributed by atoms with Crippen LogP contribution >= 0.6 is 0 Å². The fourth-order valence-corrected chi connectivity index (χ4v) is 3.64. The average molecular weight is 361 g/mol. The molecule has 2 saturated heterocycles. The van der Waals surface area contributed by atoms with E-state index in [1.165, 1.54) is 0 Å². The van der Waals surface area contributed by atoms with Crippen molar-refractivity contribution in [3.8, 4) is 0 Å². The van der Waals surface area contributed by atoms with Gasteiger partial charge in [-0.3, -0.25) is 14.4 Å². The molecule has 0 aliphatic carbocycles. The van der Waals surface area contributed by atoms with Gasteiger partial charge in [0.05, 0.1) is 12.5 Å². The molecule has 7 nitrogen and oxygen atoms in total. The summed E-state index contributed by atoms with van der Waals surface area (Å²) in [7, 11) is 0. The molecular formula is C19H27N3O4. The quantitative estimate of drug-likeness (QED) is 0.797. The largest absolute Gasteiger partial charge is 0.465 e. The van der Waals surface area contributed by atoms with E-state index in [1.807, 2.05) is 24.0 Å². The smallest absolute Gasteiger partial charge is 0.225 e. The molecule has 1 atom stereocenters. The van der Waals surface area contributed by atoms with Gasteiger partial charge in [-0.05, 0) is 38.3 Å². The molecule has 1 N–H and O–H groups in total. The van der Waals surface area contributed by atoms with Crippen molar-refractivity contribution in [2.75, 3.05) is 26.2 Å². The Kier molecular flexibility index (Phi) is 5.96. The molecule has 0 spiro atoms. The predicted molar refractivity (Wildman–Crippen MR) is 95.0 cm³/mol. The van der Waals surface area contributed by atoms with Gasteiger partial charge in [-0.25, -0.2) is 0 Å². The Bertz CT molecular complexity index is 669. The van der Waals surface area contributed by atoms with Crippen molar-refractivity contribution < 1.29 is 18.8 Å². The first-order chi connectivity index (χ1) is 12.5. The monoisotopic (exact) mass is 361 g/mol. The standard InChI is InChI=1S/C19H27N3O4/c1-14-5-7-16(26-14)12-20-19(25)15-6-8-18(24)22(13-15)11-3-10-21-9-2-4-17(21)23/h5,7,15H,2-4,6,8-13H2,1H3,(H,20,25). The lowest BCUT2D eigenvalue weighted by Crippen LogP contribution is -2.46. The molecule has 0 saturated carbocycles. The van der Waals surface area contributed by atoms with Gasteiger partial charge >= 0.3 is 0 Å². The lowest BCUT2D eigenvalue weighted by Gasteiger charge is -2.32. The van der Waals surface area contributed by atoms with Crippen LogP contribution in [0.2, 0.25) is 0 Å². The summed E-state index contributed by atoms with van der Waals surface area (Å²) in [6.45, 7) is 4.81. The molecule has 7 heteroatoms. The molecule has 0 bridgehead atoms. The second-order valence-electron chi connectivity index (χ2n) is 7.14. The molecule has 3 rings (SSSR count). The number of hydrogen-bond acceptors (Lipinski definition) is 4. The Morgan fingerprint density at radius 2 is 1.96 bits per heavy atom. The van der Waals surface area contributed by atoms with Gasteiger partial charge in [0.15, 0.2) is 0 Å². The SMILES string of the molecule is Cc1ccc(CNC(=O)C2CCC(=O)N(CCCN3CCCC3=O)C2)o1. The third-order valence-electron chi connectivity index (χ3n) is 5.13. The van der Waals surface area contributed by atoms with Gasteiger partial charge in [-0.15, -0.1) is 0 Å². The van der Waals surface area contributed by atoms with Crippen molar-refractivity contribution in [1.82, 2.24) is 15.1 Å². The van der Waals surface area contributed by atoms with E-state index in [4.69, 9.17) is 4.42 Å². The number of hydrogen-bond donors (Lipinski definition) is 1. The molecule has 1 aromatic heterocycles. The number of carbonyl (C=O) groups is 3. The minimum Gasteiger partial charge on any atom is -0.465 e. The highest BCUT2D eigenvalue weighted by molar-refractivity contribution is 5.83. The number of piperidine rings is 1. The summed E-state index contributed by atoms with van der Waals surface area (Å²) in [6, 6.07) is 3.72. The summed E-state index contributed by atoms with van der Waals surface area (Å²) in [5, 5.41) is 2.90. The highest BCUT2D eigenvalue weighted by Gasteiger charge is 2.30. The molecule has 26 heavy (non-hydrogen) atoms. The van der Waals surface area contributed by atoms with E-state index in [0.29, 0.717) is 45.4 Å². The Labute approximate surface area is 153 Å². The zero-order chi connectivity index (χ0) is 18.5. The number of rotatable bonds is 7. The predicted octanol–water partition coefficient (Wildman–Crippen LogP) is 1.46. The summed E-state index contributed by atoms with van der Waals surface area (Å²) >= 11 is 0. The zero-order valence-electron chi connectivity index (χ0n) is 15.3. The van der Waals surface area contributed by atoms with E-state index in [1.54, 1.807) is 4.90 Å². The number of amides is 3. The zero-order valence-corrected chi connectivity index (χ0v) is 15.3. The van der Waals surface area contributed by atoms with Gasteiger partial charge in [-0.2, -0.15) is 0 Å². The van der Waals surface area contributed by atoms with Crippen LogP contribution in [0, 0.1) is 12.8 Å². The molecule has 0 radical (unpaired) electrons. The number of likely N-dealkylation sites (tertiary alicyclic amines) is 2. The highest BCUT2D eigenvalue weighted by Crippen LogP contribution is 2.19. The summed E-state index contributed by atoms with van der Waals surface area (Å²) < 4.78 is 5.46. The molecule has 2 aliphatic heterocycles. The van der Waals surface area contributed by atoms with Crippen LogP contribution in [0.25, 0.3) is 0 Å². The van der Waals surface area contributed by atoms with Gasteiger partial charge in [0.25, 0.3) is 0 Å². The van der Waals surface area contributed by atoms with Gasteiger partial charge < -0.3 is 19.5 Å². The Balaban J connectivity index is 1.43. The Morgan fingerprint density at radius 3 is 2.65 bits per heavy atom. The Morgan fingerprint density at radius 1 is 1.19 bits per heavy atom. The van der Waals surface area contributed by atoms with Gasteiger partial charge in [-0.1, -0.05) is 0 Å². The van der Waals surface area contributed by atoms with Crippen molar-refractivity contribution in [3.05, 3.63) is 23.7 Å². The van der Waals surface area contributed by atoms with Crippen LogP contribution in [0.5, 0.6) is 0 Å². The van der Waals surface area contributed by atoms with E-state index >= 15 is 0 Å². The fraction of sp³-hybridized carbons (Fsp3) is 0.632. The number of carbonyl (C=O) groups excluding carboxylic acids is 3. The van der Waals surface area contributed by atoms with Crippen LogP contribution in [-0.2, 0) is 20.9 Å². The van der Waals surface area contributed by atoms with E-state index in [-0.39, 0.29) is 23.6 Å². The van der Waals surface area contributed by atoms with E-state index < -0.39 is 0 Å². The number of nitrogens with zero attached hydrogens (tertiary/aromatic N) is 2. The van der Waals surface area contributed by atoms with Crippen molar-refractivity contribution >= 4 is 17.7 Å². The molecule has 2 fully saturated rings. The minimum atomic E-state index is -0.183. The first-order valence-electron chi connectivity index (χ1n) is 9.41. The van der Waals surface area contributed by atoms with Crippen LogP contribution < -0.4 is 5.32 Å². The Hall–Kier alpha value is -2.31. The van der Waals surface area contributed by atoms with Crippen molar-refractivity contribution in [2.24, 2.45) is 5.92 Å².